The first kappa shape index (κ1) is 21.4. The number of ether oxygens (including phenoxy) is 3. The molecule has 30 heavy (non-hydrogen) atoms. The van der Waals surface area contributed by atoms with Gasteiger partial charge in [-0.15, -0.1) is 0 Å². The fourth-order valence-corrected chi connectivity index (χ4v) is 3.35. The summed E-state index contributed by atoms with van der Waals surface area (Å²) in [7, 11) is 4.89. The van der Waals surface area contributed by atoms with Crippen LogP contribution >= 0.6 is 0 Å². The number of Topliss-reactive ketones (excluding diaryl/α,β-unsaturated/α-hetero) is 1. The normalized spacial score (nSPS) is 10.7. The van der Waals surface area contributed by atoms with E-state index in [-0.39, 0.29) is 5.78 Å². The molecule has 3 aromatic carbocycles. The molecule has 0 N–H and O–H groups in total. The summed E-state index contributed by atoms with van der Waals surface area (Å²) in [5.41, 5.74) is 2.83. The van der Waals surface area contributed by atoms with Crippen molar-refractivity contribution >= 4 is 5.78 Å². The van der Waals surface area contributed by atoms with E-state index in [0.717, 1.165) is 16.9 Å². The van der Waals surface area contributed by atoms with E-state index in [2.05, 4.69) is 4.90 Å². The number of carbonyl (C=O) groups excluding carboxylic acids is 1. The van der Waals surface area contributed by atoms with Crippen molar-refractivity contribution in [1.82, 2.24) is 4.90 Å². The van der Waals surface area contributed by atoms with E-state index in [1.807, 2.05) is 72.8 Å². The van der Waals surface area contributed by atoms with Crippen molar-refractivity contribution in [3.05, 3.63) is 89.5 Å². The fraction of sp³-hybridized carbons (Fsp3) is 0.240. The molecule has 156 valence electrons. The number of carbonyl (C=O) groups is 1. The molecule has 0 aliphatic carbocycles. The van der Waals surface area contributed by atoms with Gasteiger partial charge in [0, 0.05) is 18.7 Å². The topological polar surface area (TPSA) is 48.0 Å². The number of rotatable bonds is 10. The molecule has 0 aliphatic rings. The molecule has 0 aromatic heterocycles. The first-order chi connectivity index (χ1) is 14.6. The Morgan fingerprint density at radius 3 is 2.10 bits per heavy atom. The van der Waals surface area contributed by atoms with E-state index in [1.165, 1.54) is 0 Å². The molecular weight excluding hydrogens is 378 g/mol. The number of hydrogen-bond donors (Lipinski definition) is 0. The van der Waals surface area contributed by atoms with Crippen LogP contribution in [0.25, 0.3) is 0 Å². The third kappa shape index (κ3) is 5.61. The van der Waals surface area contributed by atoms with Crippen LogP contribution in [0.3, 0.4) is 0 Å². The van der Waals surface area contributed by atoms with Gasteiger partial charge >= 0.3 is 0 Å². The van der Waals surface area contributed by atoms with Crippen molar-refractivity contribution in [2.45, 2.75) is 13.1 Å². The van der Waals surface area contributed by atoms with E-state index in [1.54, 1.807) is 21.3 Å². The number of hydrogen-bond acceptors (Lipinski definition) is 5. The van der Waals surface area contributed by atoms with Crippen LogP contribution in [0.1, 0.15) is 21.5 Å². The summed E-state index contributed by atoms with van der Waals surface area (Å²) in [6, 6.07) is 23.1. The lowest BCUT2D eigenvalue weighted by molar-refractivity contribution is 0.0920. The van der Waals surface area contributed by atoms with Crippen molar-refractivity contribution in [1.29, 1.82) is 0 Å². The van der Waals surface area contributed by atoms with Crippen molar-refractivity contribution in [2.75, 3.05) is 27.9 Å². The zero-order valence-corrected chi connectivity index (χ0v) is 17.6. The lowest BCUT2D eigenvalue weighted by atomic mass is 10.1. The van der Waals surface area contributed by atoms with Crippen molar-refractivity contribution in [3.63, 3.8) is 0 Å². The SMILES string of the molecule is COc1cccc(CN(CC(=O)c2ccccc2)Cc2ccc(OC)c(OC)c2)c1. The summed E-state index contributed by atoms with van der Waals surface area (Å²) in [5, 5.41) is 0. The Hall–Kier alpha value is -3.31. The number of ketones is 1. The molecule has 0 fully saturated rings. The third-order valence-corrected chi connectivity index (χ3v) is 4.86. The zero-order valence-electron chi connectivity index (χ0n) is 17.6. The lowest BCUT2D eigenvalue weighted by Gasteiger charge is -2.23. The molecular formula is C25H27NO4. The molecule has 0 amide bonds. The van der Waals surface area contributed by atoms with Gasteiger partial charge in [0.1, 0.15) is 5.75 Å². The summed E-state index contributed by atoms with van der Waals surface area (Å²) >= 11 is 0. The zero-order chi connectivity index (χ0) is 21.3. The molecule has 0 spiro atoms. The van der Waals surface area contributed by atoms with Gasteiger partial charge in [0.15, 0.2) is 17.3 Å². The molecule has 0 atom stereocenters. The fourth-order valence-electron chi connectivity index (χ4n) is 3.35. The average Bonchev–Trinajstić information content (AvgIpc) is 2.79. The maximum Gasteiger partial charge on any atom is 0.176 e. The highest BCUT2D eigenvalue weighted by Crippen LogP contribution is 2.28. The number of nitrogens with zero attached hydrogens (tertiary/aromatic N) is 1. The average molecular weight is 405 g/mol. The second kappa shape index (κ2) is 10.5. The Labute approximate surface area is 177 Å². The predicted octanol–water partition coefficient (Wildman–Crippen LogP) is 4.60. The molecule has 0 heterocycles. The van der Waals surface area contributed by atoms with Gasteiger partial charge in [-0.2, -0.15) is 0 Å². The standard InChI is InChI=1S/C25H27NO4/c1-28-22-11-7-8-19(14-22)16-26(18-23(27)21-9-5-4-6-10-21)17-20-12-13-24(29-2)25(15-20)30-3/h4-15H,16-18H2,1-3H3. The van der Waals surface area contributed by atoms with E-state index < -0.39 is 0 Å². The van der Waals surface area contributed by atoms with Gasteiger partial charge in [0.2, 0.25) is 0 Å². The van der Waals surface area contributed by atoms with Crippen LogP contribution in [0.15, 0.2) is 72.8 Å². The van der Waals surface area contributed by atoms with Gasteiger partial charge in [-0.25, -0.2) is 0 Å². The first-order valence-corrected chi connectivity index (χ1v) is 9.77. The minimum absolute atomic E-state index is 0.0824. The monoisotopic (exact) mass is 405 g/mol. The van der Waals surface area contributed by atoms with Crippen molar-refractivity contribution < 1.29 is 19.0 Å². The quantitative estimate of drug-likeness (QED) is 0.462. The molecule has 3 rings (SSSR count). The number of methoxy groups -OCH3 is 3. The van der Waals surface area contributed by atoms with E-state index in [9.17, 15) is 4.79 Å². The highest BCUT2D eigenvalue weighted by molar-refractivity contribution is 5.97. The molecule has 0 bridgehead atoms. The van der Waals surface area contributed by atoms with Crippen molar-refractivity contribution in [2.24, 2.45) is 0 Å². The molecule has 0 saturated heterocycles. The highest BCUT2D eigenvalue weighted by atomic mass is 16.5. The van der Waals surface area contributed by atoms with Crippen LogP contribution in [0.2, 0.25) is 0 Å². The Balaban J connectivity index is 1.83. The molecule has 5 heteroatoms. The molecule has 0 radical (unpaired) electrons. The minimum atomic E-state index is 0.0824. The van der Waals surface area contributed by atoms with E-state index >= 15 is 0 Å². The maximum atomic E-state index is 12.9. The summed E-state index contributed by atoms with van der Waals surface area (Å²) in [4.78, 5) is 15.0. The third-order valence-electron chi connectivity index (χ3n) is 4.86. The van der Waals surface area contributed by atoms with Crippen LogP contribution in [0.4, 0.5) is 0 Å². The first-order valence-electron chi connectivity index (χ1n) is 9.77. The summed E-state index contributed by atoms with van der Waals surface area (Å²) < 4.78 is 16.1. The molecule has 0 unspecified atom stereocenters. The Bertz CT molecular complexity index is 972. The molecule has 0 saturated carbocycles. The van der Waals surface area contributed by atoms with Crippen LogP contribution in [0.5, 0.6) is 17.2 Å². The van der Waals surface area contributed by atoms with Crippen LogP contribution < -0.4 is 14.2 Å². The van der Waals surface area contributed by atoms with Crippen LogP contribution in [-0.2, 0) is 13.1 Å². The minimum Gasteiger partial charge on any atom is -0.497 e. The second-order valence-electron chi connectivity index (χ2n) is 6.98. The Morgan fingerprint density at radius 1 is 0.733 bits per heavy atom. The maximum absolute atomic E-state index is 12.9. The van der Waals surface area contributed by atoms with Gasteiger partial charge in [-0.3, -0.25) is 9.69 Å². The van der Waals surface area contributed by atoms with E-state index in [0.29, 0.717) is 36.7 Å². The van der Waals surface area contributed by atoms with Gasteiger partial charge in [-0.05, 0) is 35.4 Å². The smallest absolute Gasteiger partial charge is 0.176 e. The number of benzene rings is 3. The molecule has 0 aliphatic heterocycles. The highest BCUT2D eigenvalue weighted by Gasteiger charge is 2.15. The molecule has 3 aromatic rings. The van der Waals surface area contributed by atoms with Crippen LogP contribution in [-0.4, -0.2) is 38.6 Å². The Morgan fingerprint density at radius 2 is 1.43 bits per heavy atom. The van der Waals surface area contributed by atoms with Gasteiger partial charge in [-0.1, -0.05) is 48.5 Å². The van der Waals surface area contributed by atoms with Gasteiger partial charge < -0.3 is 14.2 Å². The predicted molar refractivity (Wildman–Crippen MR) is 117 cm³/mol. The summed E-state index contributed by atoms with van der Waals surface area (Å²) in [6.07, 6.45) is 0. The summed E-state index contributed by atoms with van der Waals surface area (Å²) in [5.74, 6) is 2.23. The largest absolute Gasteiger partial charge is 0.497 e. The Kier molecular flexibility index (Phi) is 7.46. The van der Waals surface area contributed by atoms with Gasteiger partial charge in [0.25, 0.3) is 0 Å². The summed E-state index contributed by atoms with van der Waals surface area (Å²) in [6.45, 7) is 1.51. The second-order valence-corrected chi connectivity index (χ2v) is 6.98. The van der Waals surface area contributed by atoms with E-state index in [4.69, 9.17) is 14.2 Å². The van der Waals surface area contributed by atoms with Crippen molar-refractivity contribution in [3.8, 4) is 17.2 Å². The van der Waals surface area contributed by atoms with Crippen LogP contribution in [0, 0.1) is 0 Å². The van der Waals surface area contributed by atoms with Gasteiger partial charge in [0.05, 0.1) is 27.9 Å². The lowest BCUT2D eigenvalue weighted by Crippen LogP contribution is -2.29. The molecule has 5 nitrogen and oxygen atoms in total.